The van der Waals surface area contributed by atoms with Crippen molar-refractivity contribution in [1.82, 2.24) is 24.6 Å². The zero-order chi connectivity index (χ0) is 19.7. The average Bonchev–Trinajstić information content (AvgIpc) is 3.14. The van der Waals surface area contributed by atoms with Crippen molar-refractivity contribution in [3.63, 3.8) is 0 Å². The highest BCUT2D eigenvalue weighted by molar-refractivity contribution is 5.86. The minimum atomic E-state index is 0.175. The number of hydrogen-bond donors (Lipinski definition) is 0. The molecule has 28 heavy (non-hydrogen) atoms. The third-order valence-electron chi connectivity index (χ3n) is 5.90. The van der Waals surface area contributed by atoms with E-state index in [0.717, 1.165) is 53.4 Å². The summed E-state index contributed by atoms with van der Waals surface area (Å²) in [6, 6.07) is 4.71. The second-order valence-corrected chi connectivity index (χ2v) is 8.11. The van der Waals surface area contributed by atoms with Crippen LogP contribution in [-0.4, -0.2) is 50.6 Å². The molecule has 1 fully saturated rings. The van der Waals surface area contributed by atoms with Gasteiger partial charge in [-0.25, -0.2) is 0 Å². The van der Waals surface area contributed by atoms with Crippen LogP contribution in [0.25, 0.3) is 22.0 Å². The molecule has 1 aliphatic rings. The van der Waals surface area contributed by atoms with Gasteiger partial charge in [0.2, 0.25) is 0 Å². The first-order valence-electron chi connectivity index (χ1n) is 9.92. The van der Waals surface area contributed by atoms with Crippen molar-refractivity contribution in [1.29, 1.82) is 0 Å². The molecule has 0 saturated heterocycles. The fraction of sp³-hybridized carbons (Fsp3) is 0.455. The highest BCUT2D eigenvalue weighted by atomic mass is 16.1. The monoisotopic (exact) mass is 377 g/mol. The van der Waals surface area contributed by atoms with Gasteiger partial charge in [0.15, 0.2) is 0 Å². The van der Waals surface area contributed by atoms with Gasteiger partial charge in [0.05, 0.1) is 17.9 Å². The summed E-state index contributed by atoms with van der Waals surface area (Å²) in [5.74, 6) is 0.494. The van der Waals surface area contributed by atoms with Crippen molar-refractivity contribution in [3.8, 4) is 11.1 Å². The Morgan fingerprint density at radius 3 is 2.54 bits per heavy atom. The number of ketones is 1. The van der Waals surface area contributed by atoms with Gasteiger partial charge in [-0.1, -0.05) is 0 Å². The predicted octanol–water partition coefficient (Wildman–Crippen LogP) is 3.26. The Balaban J connectivity index is 1.49. The summed E-state index contributed by atoms with van der Waals surface area (Å²) in [7, 11) is 6.15. The van der Waals surface area contributed by atoms with E-state index in [1.165, 1.54) is 0 Å². The van der Waals surface area contributed by atoms with Crippen molar-refractivity contribution in [2.24, 2.45) is 13.0 Å². The molecule has 0 aliphatic heterocycles. The maximum absolute atomic E-state index is 12.8. The molecular formula is C22H27N5O. The molecule has 0 radical (unpaired) electrons. The average molecular weight is 377 g/mol. The van der Waals surface area contributed by atoms with E-state index < -0.39 is 0 Å². The fourth-order valence-electron chi connectivity index (χ4n) is 4.14. The Hall–Kier alpha value is -2.60. The molecule has 0 unspecified atom stereocenters. The lowest BCUT2D eigenvalue weighted by Gasteiger charge is -2.31. The molecular weight excluding hydrogens is 350 g/mol. The van der Waals surface area contributed by atoms with Crippen LogP contribution < -0.4 is 0 Å². The molecule has 0 amide bonds. The number of Topliss-reactive ketones (excluding diaryl/α,β-unsaturated/α-hetero) is 1. The molecule has 3 aromatic rings. The summed E-state index contributed by atoms with van der Waals surface area (Å²) in [5.41, 5.74) is 3.72. The molecule has 1 aliphatic carbocycles. The van der Waals surface area contributed by atoms with Crippen LogP contribution in [0.3, 0.4) is 0 Å². The van der Waals surface area contributed by atoms with Crippen molar-refractivity contribution in [2.75, 3.05) is 14.1 Å². The second-order valence-electron chi connectivity index (χ2n) is 8.11. The SMILES string of the molecule is CN(C)C1CCC(C(=O)Cc2cc3cc(-c4cnn(C)c4)cnc3cn2)CC1. The lowest BCUT2D eigenvalue weighted by molar-refractivity contribution is -0.123. The summed E-state index contributed by atoms with van der Waals surface area (Å²) in [6.07, 6.45) is 12.0. The normalized spacial score (nSPS) is 20.0. The van der Waals surface area contributed by atoms with Gasteiger partial charge in [0.25, 0.3) is 0 Å². The highest BCUT2D eigenvalue weighted by Crippen LogP contribution is 2.28. The Kier molecular flexibility index (Phi) is 5.22. The van der Waals surface area contributed by atoms with E-state index in [-0.39, 0.29) is 5.92 Å². The van der Waals surface area contributed by atoms with Crippen LogP contribution in [0, 0.1) is 5.92 Å². The van der Waals surface area contributed by atoms with E-state index in [4.69, 9.17) is 0 Å². The quantitative estimate of drug-likeness (QED) is 0.683. The Labute approximate surface area is 165 Å². The lowest BCUT2D eigenvalue weighted by atomic mass is 9.82. The maximum atomic E-state index is 12.8. The number of aromatic nitrogens is 4. The van der Waals surface area contributed by atoms with Crippen LogP contribution in [0.4, 0.5) is 0 Å². The van der Waals surface area contributed by atoms with Gasteiger partial charge in [-0.05, 0) is 51.9 Å². The summed E-state index contributed by atoms with van der Waals surface area (Å²) < 4.78 is 1.78. The first kappa shape index (κ1) is 18.7. The number of fused-ring (bicyclic) bond motifs is 1. The fourth-order valence-corrected chi connectivity index (χ4v) is 4.14. The molecule has 3 heterocycles. The summed E-state index contributed by atoms with van der Waals surface area (Å²) >= 11 is 0. The minimum Gasteiger partial charge on any atom is -0.306 e. The van der Waals surface area contributed by atoms with Crippen LogP contribution in [0.1, 0.15) is 31.4 Å². The zero-order valence-corrected chi connectivity index (χ0v) is 16.8. The van der Waals surface area contributed by atoms with E-state index in [1.54, 1.807) is 10.9 Å². The van der Waals surface area contributed by atoms with Gasteiger partial charge in [-0.2, -0.15) is 5.10 Å². The Morgan fingerprint density at radius 2 is 1.86 bits per heavy atom. The summed E-state index contributed by atoms with van der Waals surface area (Å²) in [4.78, 5) is 24.1. The maximum Gasteiger partial charge on any atom is 0.141 e. The third-order valence-corrected chi connectivity index (χ3v) is 5.90. The number of carbonyl (C=O) groups is 1. The summed E-state index contributed by atoms with van der Waals surface area (Å²) in [5, 5.41) is 5.24. The molecule has 0 aromatic carbocycles. The van der Waals surface area contributed by atoms with Crippen molar-refractivity contribution >= 4 is 16.7 Å². The van der Waals surface area contributed by atoms with Crippen LogP contribution in [-0.2, 0) is 18.3 Å². The van der Waals surface area contributed by atoms with Crippen molar-refractivity contribution in [2.45, 2.75) is 38.1 Å². The van der Waals surface area contributed by atoms with Gasteiger partial charge in [-0.3, -0.25) is 19.4 Å². The zero-order valence-electron chi connectivity index (χ0n) is 16.8. The molecule has 6 nitrogen and oxygen atoms in total. The molecule has 4 rings (SSSR count). The molecule has 146 valence electrons. The number of hydrogen-bond acceptors (Lipinski definition) is 5. The largest absolute Gasteiger partial charge is 0.306 e. The minimum absolute atomic E-state index is 0.175. The molecule has 6 heteroatoms. The first-order valence-corrected chi connectivity index (χ1v) is 9.92. The standard InChI is InChI=1S/C22H27N5O/c1-26(2)20-6-4-15(5-7-20)22(28)10-19-9-16-8-17(11-24-21(16)13-23-19)18-12-25-27(3)14-18/h8-9,11-15,20H,4-7,10H2,1-3H3. The third kappa shape index (κ3) is 3.97. The first-order chi connectivity index (χ1) is 13.5. The molecule has 1 saturated carbocycles. The molecule has 0 atom stereocenters. The van der Waals surface area contributed by atoms with Gasteiger partial charge >= 0.3 is 0 Å². The van der Waals surface area contributed by atoms with Gasteiger partial charge in [0, 0.05) is 60.0 Å². The van der Waals surface area contributed by atoms with E-state index in [2.05, 4.69) is 40.1 Å². The van der Waals surface area contributed by atoms with Crippen LogP contribution >= 0.6 is 0 Å². The van der Waals surface area contributed by atoms with Crippen LogP contribution in [0.5, 0.6) is 0 Å². The van der Waals surface area contributed by atoms with Crippen molar-refractivity contribution < 1.29 is 4.79 Å². The predicted molar refractivity (Wildman–Crippen MR) is 110 cm³/mol. The summed E-state index contributed by atoms with van der Waals surface area (Å²) in [6.45, 7) is 0. The van der Waals surface area contributed by atoms with E-state index >= 15 is 0 Å². The Morgan fingerprint density at radius 1 is 1.07 bits per heavy atom. The number of nitrogens with zero attached hydrogens (tertiary/aromatic N) is 5. The van der Waals surface area contributed by atoms with Gasteiger partial charge in [-0.15, -0.1) is 0 Å². The number of carbonyl (C=O) groups excluding carboxylic acids is 1. The Bertz CT molecular complexity index is 986. The molecule has 0 N–H and O–H groups in total. The van der Waals surface area contributed by atoms with Gasteiger partial charge < -0.3 is 4.90 Å². The molecule has 0 bridgehead atoms. The molecule has 0 spiro atoms. The van der Waals surface area contributed by atoms with Crippen LogP contribution in [0.2, 0.25) is 0 Å². The van der Waals surface area contributed by atoms with E-state index in [1.807, 2.05) is 31.7 Å². The van der Waals surface area contributed by atoms with Crippen LogP contribution in [0.15, 0.2) is 36.9 Å². The van der Waals surface area contributed by atoms with E-state index in [0.29, 0.717) is 18.2 Å². The van der Waals surface area contributed by atoms with E-state index in [9.17, 15) is 4.79 Å². The smallest absolute Gasteiger partial charge is 0.141 e. The second kappa shape index (κ2) is 7.80. The lowest BCUT2D eigenvalue weighted by Crippen LogP contribution is -2.34. The number of rotatable bonds is 5. The molecule has 3 aromatic heterocycles. The topological polar surface area (TPSA) is 63.9 Å². The van der Waals surface area contributed by atoms with Crippen molar-refractivity contribution in [3.05, 3.63) is 42.6 Å². The van der Waals surface area contributed by atoms with Gasteiger partial charge in [0.1, 0.15) is 5.78 Å². The number of pyridine rings is 2. The number of aryl methyl sites for hydroxylation is 1. The highest BCUT2D eigenvalue weighted by Gasteiger charge is 2.27.